The van der Waals surface area contributed by atoms with Gasteiger partial charge in [-0.1, -0.05) is 0 Å². The number of rotatable bonds is 7. The largest absolute Gasteiger partial charge is 0.506 e. The van der Waals surface area contributed by atoms with Crippen molar-refractivity contribution in [2.45, 2.75) is 80.9 Å². The van der Waals surface area contributed by atoms with Gasteiger partial charge in [0.2, 0.25) is 0 Å². The maximum absolute atomic E-state index is 11.8. The molecule has 0 unspecified atom stereocenters. The van der Waals surface area contributed by atoms with Crippen molar-refractivity contribution in [3.63, 3.8) is 0 Å². The predicted molar refractivity (Wildman–Crippen MR) is 119 cm³/mol. The Morgan fingerprint density at radius 2 is 1.80 bits per heavy atom. The molecule has 1 saturated heterocycles. The summed E-state index contributed by atoms with van der Waals surface area (Å²) >= 11 is 0. The Labute approximate surface area is 180 Å². The van der Waals surface area contributed by atoms with Crippen molar-refractivity contribution in [2.24, 2.45) is 5.92 Å². The third-order valence-electron chi connectivity index (χ3n) is 7.29. The van der Waals surface area contributed by atoms with E-state index in [1.807, 2.05) is 0 Å². The Kier molecular flexibility index (Phi) is 6.33. The first-order valence-corrected chi connectivity index (χ1v) is 13.3. The summed E-state index contributed by atoms with van der Waals surface area (Å²) in [5.41, 5.74) is 0.763. The third kappa shape index (κ3) is 5.29. The van der Waals surface area contributed by atoms with E-state index in [0.29, 0.717) is 11.8 Å². The molecule has 7 heteroatoms. The summed E-state index contributed by atoms with van der Waals surface area (Å²) in [6, 6.07) is 4.69. The Hall–Kier alpha value is -1.31. The van der Waals surface area contributed by atoms with Crippen LogP contribution in [0.5, 0.6) is 5.75 Å². The zero-order valence-corrected chi connectivity index (χ0v) is 19.1. The van der Waals surface area contributed by atoms with Crippen LogP contribution in [0.4, 0.5) is 5.69 Å². The van der Waals surface area contributed by atoms with Crippen LogP contribution in [-0.2, 0) is 14.6 Å². The molecule has 2 N–H and O–H groups in total. The van der Waals surface area contributed by atoms with Crippen molar-refractivity contribution in [2.75, 3.05) is 31.3 Å². The molecule has 6 nitrogen and oxygen atoms in total. The second-order valence-electron chi connectivity index (χ2n) is 9.83. The number of nitrogens with zero attached hydrogens (tertiary/aromatic N) is 1. The number of ether oxygens (including phenoxy) is 1. The lowest BCUT2D eigenvalue weighted by Gasteiger charge is -2.48. The molecule has 1 aliphatic heterocycles. The minimum absolute atomic E-state index is 0.0984. The van der Waals surface area contributed by atoms with Crippen LogP contribution in [-0.4, -0.2) is 62.1 Å². The van der Waals surface area contributed by atoms with Gasteiger partial charge in [-0.3, -0.25) is 4.90 Å². The Morgan fingerprint density at radius 3 is 2.40 bits per heavy atom. The van der Waals surface area contributed by atoms with Gasteiger partial charge in [0.15, 0.2) is 9.84 Å². The molecule has 0 radical (unpaired) electrons. The van der Waals surface area contributed by atoms with E-state index in [1.54, 1.807) is 6.07 Å². The van der Waals surface area contributed by atoms with Crippen molar-refractivity contribution in [3.8, 4) is 5.75 Å². The number of sulfone groups is 1. The fraction of sp³-hybridized carbons (Fsp3) is 0.739. The summed E-state index contributed by atoms with van der Waals surface area (Å²) in [5.74, 6) is 0.934. The van der Waals surface area contributed by atoms with Gasteiger partial charge in [0, 0.05) is 37.5 Å². The van der Waals surface area contributed by atoms with Gasteiger partial charge in [0.1, 0.15) is 5.75 Å². The second kappa shape index (κ2) is 8.67. The standard InChI is InChI=1S/C23H36N2O4S/c1-23(11-7-19(8-12-23)29-16-17-3-4-17)25-13-9-18(10-14-25)24-21-15-20(30(2,27)28)5-6-22(21)26/h5-6,15,17-19,24,26H,3-4,7-14,16H2,1-2H3. The summed E-state index contributed by atoms with van der Waals surface area (Å²) in [5, 5.41) is 13.5. The topological polar surface area (TPSA) is 78.9 Å². The molecular weight excluding hydrogens is 400 g/mol. The monoisotopic (exact) mass is 436 g/mol. The number of hydrogen-bond donors (Lipinski definition) is 2. The molecule has 0 bridgehead atoms. The van der Waals surface area contributed by atoms with Crippen LogP contribution in [0.25, 0.3) is 0 Å². The first-order valence-electron chi connectivity index (χ1n) is 11.4. The lowest BCUT2D eigenvalue weighted by molar-refractivity contribution is -0.0308. The number of phenolic OH excluding ortho intramolecular Hbond substituents is 1. The molecule has 4 rings (SSSR count). The summed E-state index contributed by atoms with van der Waals surface area (Å²) in [6.45, 7) is 5.41. The van der Waals surface area contributed by atoms with E-state index in [0.717, 1.165) is 51.3 Å². The zero-order chi connectivity index (χ0) is 21.4. The van der Waals surface area contributed by atoms with Crippen LogP contribution in [0.3, 0.4) is 0 Å². The fourth-order valence-electron chi connectivity index (χ4n) is 4.90. The number of nitrogens with one attached hydrogen (secondary N) is 1. The fourth-order valence-corrected chi connectivity index (χ4v) is 5.54. The van der Waals surface area contributed by atoms with Crippen molar-refractivity contribution < 1.29 is 18.3 Å². The van der Waals surface area contributed by atoms with Crippen LogP contribution >= 0.6 is 0 Å². The molecule has 2 aliphatic carbocycles. The minimum Gasteiger partial charge on any atom is -0.506 e. The summed E-state index contributed by atoms with van der Waals surface area (Å²) < 4.78 is 29.8. The van der Waals surface area contributed by atoms with Gasteiger partial charge < -0.3 is 15.2 Å². The van der Waals surface area contributed by atoms with E-state index >= 15 is 0 Å². The zero-order valence-electron chi connectivity index (χ0n) is 18.3. The van der Waals surface area contributed by atoms with Crippen LogP contribution in [0.2, 0.25) is 0 Å². The number of anilines is 1. The van der Waals surface area contributed by atoms with Crippen LogP contribution < -0.4 is 5.32 Å². The second-order valence-corrected chi connectivity index (χ2v) is 11.8. The molecule has 30 heavy (non-hydrogen) atoms. The molecule has 1 aromatic carbocycles. The highest BCUT2D eigenvalue weighted by atomic mass is 32.2. The number of piperidine rings is 1. The van der Waals surface area contributed by atoms with Crippen LogP contribution in [0.1, 0.15) is 58.3 Å². The first-order chi connectivity index (χ1) is 14.2. The molecule has 1 heterocycles. The van der Waals surface area contributed by atoms with Crippen molar-refractivity contribution in [1.82, 2.24) is 4.90 Å². The predicted octanol–water partition coefficient (Wildman–Crippen LogP) is 3.80. The van der Waals surface area contributed by atoms with Gasteiger partial charge in [-0.05, 0) is 82.4 Å². The number of phenols is 1. The molecule has 3 fully saturated rings. The van der Waals surface area contributed by atoms with Gasteiger partial charge in [-0.15, -0.1) is 0 Å². The first kappa shape index (κ1) is 21.9. The average Bonchev–Trinajstić information content (AvgIpc) is 3.53. The molecule has 3 aliphatic rings. The highest BCUT2D eigenvalue weighted by Gasteiger charge is 2.38. The van der Waals surface area contributed by atoms with Gasteiger partial charge in [-0.25, -0.2) is 8.42 Å². The summed E-state index contributed by atoms with van der Waals surface area (Å²) in [6.07, 6.45) is 11.0. The molecule has 0 spiro atoms. The Bertz CT molecular complexity index is 837. The van der Waals surface area contributed by atoms with E-state index < -0.39 is 9.84 Å². The third-order valence-corrected chi connectivity index (χ3v) is 8.40. The Balaban J connectivity index is 1.28. The van der Waals surface area contributed by atoms with Gasteiger partial charge in [-0.2, -0.15) is 0 Å². The van der Waals surface area contributed by atoms with E-state index in [1.165, 1.54) is 44.1 Å². The lowest BCUT2D eigenvalue weighted by atomic mass is 9.79. The van der Waals surface area contributed by atoms with Crippen molar-refractivity contribution >= 4 is 15.5 Å². The van der Waals surface area contributed by atoms with E-state index in [2.05, 4.69) is 17.1 Å². The highest BCUT2D eigenvalue weighted by molar-refractivity contribution is 7.90. The maximum atomic E-state index is 11.8. The number of benzene rings is 1. The molecule has 2 saturated carbocycles. The molecule has 0 atom stereocenters. The highest BCUT2D eigenvalue weighted by Crippen LogP contribution is 2.38. The van der Waals surface area contributed by atoms with E-state index in [-0.39, 0.29) is 22.2 Å². The molecule has 1 aromatic rings. The number of aromatic hydroxyl groups is 1. The average molecular weight is 437 g/mol. The lowest BCUT2D eigenvalue weighted by Crippen LogP contribution is -2.53. The van der Waals surface area contributed by atoms with Crippen molar-refractivity contribution in [1.29, 1.82) is 0 Å². The van der Waals surface area contributed by atoms with E-state index in [4.69, 9.17) is 4.74 Å². The normalized spacial score (nSPS) is 29.1. The molecule has 0 amide bonds. The minimum atomic E-state index is -3.29. The van der Waals surface area contributed by atoms with Gasteiger partial charge in [0.05, 0.1) is 16.7 Å². The quantitative estimate of drug-likeness (QED) is 0.633. The van der Waals surface area contributed by atoms with Gasteiger partial charge in [0.25, 0.3) is 0 Å². The number of likely N-dealkylation sites (tertiary alicyclic amines) is 1. The SMILES string of the molecule is CC1(N2CCC(Nc3cc(S(C)(=O)=O)ccc3O)CC2)CCC(OCC2CC2)CC1. The summed E-state index contributed by atoms with van der Waals surface area (Å²) in [7, 11) is -3.29. The smallest absolute Gasteiger partial charge is 0.175 e. The summed E-state index contributed by atoms with van der Waals surface area (Å²) in [4.78, 5) is 2.86. The van der Waals surface area contributed by atoms with Crippen LogP contribution in [0.15, 0.2) is 23.1 Å². The maximum Gasteiger partial charge on any atom is 0.175 e. The molecule has 168 valence electrons. The Morgan fingerprint density at radius 1 is 1.13 bits per heavy atom. The molecule has 0 aromatic heterocycles. The van der Waals surface area contributed by atoms with Crippen molar-refractivity contribution in [3.05, 3.63) is 18.2 Å². The van der Waals surface area contributed by atoms with E-state index in [9.17, 15) is 13.5 Å². The van der Waals surface area contributed by atoms with Gasteiger partial charge >= 0.3 is 0 Å². The van der Waals surface area contributed by atoms with Crippen LogP contribution in [0, 0.1) is 5.92 Å². The number of hydrogen-bond acceptors (Lipinski definition) is 6. The molecular formula is C23H36N2O4S.